The summed E-state index contributed by atoms with van der Waals surface area (Å²) in [4.78, 5) is 0. The molecule has 0 spiro atoms. The summed E-state index contributed by atoms with van der Waals surface area (Å²) in [5.41, 5.74) is 6.49. The molecule has 0 saturated carbocycles. The molecule has 0 amide bonds. The highest BCUT2D eigenvalue weighted by atomic mass is 16.5. The monoisotopic (exact) mass is 242 g/mol. The molecule has 0 radical (unpaired) electrons. The molecule has 1 aromatic heterocycles. The van der Waals surface area contributed by atoms with E-state index in [0.29, 0.717) is 17.1 Å². The maximum absolute atomic E-state index is 8.72. The van der Waals surface area contributed by atoms with E-state index in [1.165, 1.54) is 0 Å². The Morgan fingerprint density at radius 1 is 1.28 bits per heavy atom. The van der Waals surface area contributed by atoms with Gasteiger partial charge in [0.1, 0.15) is 11.5 Å². The second kappa shape index (κ2) is 5.39. The third-order valence-corrected chi connectivity index (χ3v) is 2.55. The third-order valence-electron chi connectivity index (χ3n) is 2.55. The van der Waals surface area contributed by atoms with Crippen LogP contribution >= 0.6 is 0 Å². The van der Waals surface area contributed by atoms with E-state index in [4.69, 9.17) is 20.1 Å². The third kappa shape index (κ3) is 2.70. The molecule has 0 aliphatic rings. The molecule has 4 nitrogen and oxygen atoms in total. The lowest BCUT2D eigenvalue weighted by atomic mass is 10.1. The highest BCUT2D eigenvalue weighted by Crippen LogP contribution is 2.24. The molecule has 0 aliphatic heterocycles. The molecule has 0 bridgehead atoms. The maximum Gasteiger partial charge on any atom is 0.171 e. The van der Waals surface area contributed by atoms with Gasteiger partial charge in [0.05, 0.1) is 17.9 Å². The Balaban J connectivity index is 2.16. The fourth-order valence-electron chi connectivity index (χ4n) is 1.63. The van der Waals surface area contributed by atoms with Crippen LogP contribution in [-0.2, 0) is 0 Å². The summed E-state index contributed by atoms with van der Waals surface area (Å²) < 4.78 is 11.1. The Hall–Kier alpha value is -2.25. The molecule has 0 aliphatic carbocycles. The van der Waals surface area contributed by atoms with Gasteiger partial charge in [-0.05, 0) is 43.3 Å². The number of benzene rings is 1. The van der Waals surface area contributed by atoms with E-state index in [1.807, 2.05) is 13.0 Å². The minimum absolute atomic E-state index is 0.202. The molecule has 2 atom stereocenters. The number of furan rings is 1. The lowest BCUT2D eigenvalue weighted by Crippen LogP contribution is -2.28. The Morgan fingerprint density at radius 3 is 2.50 bits per heavy atom. The van der Waals surface area contributed by atoms with Crippen LogP contribution in [0.1, 0.15) is 24.4 Å². The van der Waals surface area contributed by atoms with E-state index in [1.54, 1.807) is 36.6 Å². The number of nitriles is 1. The summed E-state index contributed by atoms with van der Waals surface area (Å²) >= 11 is 0. The van der Waals surface area contributed by atoms with Gasteiger partial charge in [-0.2, -0.15) is 5.26 Å². The van der Waals surface area contributed by atoms with Crippen molar-refractivity contribution in [2.45, 2.75) is 19.1 Å². The van der Waals surface area contributed by atoms with Crippen molar-refractivity contribution in [3.05, 3.63) is 54.0 Å². The van der Waals surface area contributed by atoms with Crippen LogP contribution in [-0.4, -0.2) is 6.04 Å². The Bertz CT molecular complexity index is 524. The van der Waals surface area contributed by atoms with Crippen LogP contribution in [0.4, 0.5) is 0 Å². The van der Waals surface area contributed by atoms with Crippen molar-refractivity contribution < 1.29 is 9.15 Å². The van der Waals surface area contributed by atoms with E-state index < -0.39 is 0 Å². The molecule has 1 aromatic carbocycles. The van der Waals surface area contributed by atoms with Gasteiger partial charge in [0.2, 0.25) is 0 Å². The molecule has 0 fully saturated rings. The van der Waals surface area contributed by atoms with Gasteiger partial charge < -0.3 is 14.9 Å². The standard InChI is InChI=1S/C14H14N2O2/c1-10(16)14(13-3-2-8-17-13)18-12-6-4-11(9-15)5-7-12/h2-8,10,14H,16H2,1H3. The number of hydrogen-bond donors (Lipinski definition) is 1. The van der Waals surface area contributed by atoms with Crippen molar-refractivity contribution in [1.82, 2.24) is 0 Å². The zero-order valence-electron chi connectivity index (χ0n) is 10.0. The summed E-state index contributed by atoms with van der Waals surface area (Å²) in [6.07, 6.45) is 1.25. The summed E-state index contributed by atoms with van der Waals surface area (Å²) in [5.74, 6) is 1.35. The van der Waals surface area contributed by atoms with E-state index >= 15 is 0 Å². The first kappa shape index (κ1) is 12.2. The smallest absolute Gasteiger partial charge is 0.171 e. The predicted molar refractivity (Wildman–Crippen MR) is 66.9 cm³/mol. The van der Waals surface area contributed by atoms with Crippen LogP contribution in [0.2, 0.25) is 0 Å². The molecule has 92 valence electrons. The molecule has 18 heavy (non-hydrogen) atoms. The number of nitrogens with two attached hydrogens (primary N) is 1. The van der Waals surface area contributed by atoms with Gasteiger partial charge in [0, 0.05) is 6.04 Å². The first-order valence-electron chi connectivity index (χ1n) is 5.66. The van der Waals surface area contributed by atoms with Crippen molar-refractivity contribution in [2.75, 3.05) is 0 Å². The molecule has 2 rings (SSSR count). The summed E-state index contributed by atoms with van der Waals surface area (Å²) in [6.45, 7) is 1.86. The molecular weight excluding hydrogens is 228 g/mol. The van der Waals surface area contributed by atoms with E-state index in [9.17, 15) is 0 Å². The normalized spacial score (nSPS) is 13.6. The zero-order chi connectivity index (χ0) is 13.0. The molecule has 4 heteroatoms. The molecule has 0 saturated heterocycles. The Morgan fingerprint density at radius 2 is 2.00 bits per heavy atom. The first-order chi connectivity index (χ1) is 8.70. The average molecular weight is 242 g/mol. The van der Waals surface area contributed by atoms with Crippen LogP contribution in [0.25, 0.3) is 0 Å². The van der Waals surface area contributed by atoms with Crippen LogP contribution in [0.5, 0.6) is 5.75 Å². The highest BCUT2D eigenvalue weighted by Gasteiger charge is 2.20. The summed E-state index contributed by atoms with van der Waals surface area (Å²) in [7, 11) is 0. The summed E-state index contributed by atoms with van der Waals surface area (Å²) in [6, 6.07) is 12.4. The zero-order valence-corrected chi connectivity index (χ0v) is 10.0. The van der Waals surface area contributed by atoms with E-state index in [-0.39, 0.29) is 12.1 Å². The van der Waals surface area contributed by atoms with E-state index in [0.717, 1.165) is 0 Å². The number of nitrogens with zero attached hydrogens (tertiary/aromatic N) is 1. The minimum Gasteiger partial charge on any atom is -0.481 e. The highest BCUT2D eigenvalue weighted by molar-refractivity contribution is 5.34. The first-order valence-corrected chi connectivity index (χ1v) is 5.66. The van der Waals surface area contributed by atoms with Gasteiger partial charge in [-0.3, -0.25) is 0 Å². The molecule has 1 heterocycles. The van der Waals surface area contributed by atoms with Gasteiger partial charge in [-0.1, -0.05) is 0 Å². The minimum atomic E-state index is -0.340. The topological polar surface area (TPSA) is 72.2 Å². The van der Waals surface area contributed by atoms with E-state index in [2.05, 4.69) is 6.07 Å². The summed E-state index contributed by atoms with van der Waals surface area (Å²) in [5, 5.41) is 8.72. The van der Waals surface area contributed by atoms with Crippen LogP contribution in [0.15, 0.2) is 47.1 Å². The fraction of sp³-hybridized carbons (Fsp3) is 0.214. The van der Waals surface area contributed by atoms with Crippen LogP contribution in [0.3, 0.4) is 0 Å². The number of ether oxygens (including phenoxy) is 1. The van der Waals surface area contributed by atoms with Crippen LogP contribution < -0.4 is 10.5 Å². The van der Waals surface area contributed by atoms with Gasteiger partial charge in [0.25, 0.3) is 0 Å². The van der Waals surface area contributed by atoms with Crippen molar-refractivity contribution in [3.63, 3.8) is 0 Å². The SMILES string of the molecule is CC(N)C(Oc1ccc(C#N)cc1)c1ccco1. The predicted octanol–water partition coefficient (Wildman–Crippen LogP) is 2.62. The average Bonchev–Trinajstić information content (AvgIpc) is 2.90. The van der Waals surface area contributed by atoms with Crippen molar-refractivity contribution in [1.29, 1.82) is 5.26 Å². The number of rotatable bonds is 4. The van der Waals surface area contributed by atoms with Gasteiger partial charge in [0.15, 0.2) is 6.10 Å². The van der Waals surface area contributed by atoms with Gasteiger partial charge in [-0.25, -0.2) is 0 Å². The van der Waals surface area contributed by atoms with Gasteiger partial charge >= 0.3 is 0 Å². The Kier molecular flexibility index (Phi) is 3.66. The van der Waals surface area contributed by atoms with Gasteiger partial charge in [-0.15, -0.1) is 0 Å². The van der Waals surface area contributed by atoms with Crippen molar-refractivity contribution >= 4 is 0 Å². The number of hydrogen-bond acceptors (Lipinski definition) is 4. The largest absolute Gasteiger partial charge is 0.481 e. The maximum atomic E-state index is 8.72. The lowest BCUT2D eigenvalue weighted by molar-refractivity contribution is 0.153. The fourth-order valence-corrected chi connectivity index (χ4v) is 1.63. The quantitative estimate of drug-likeness (QED) is 0.894. The second-order valence-electron chi connectivity index (χ2n) is 4.05. The molecule has 2 N–H and O–H groups in total. The molecule has 2 unspecified atom stereocenters. The van der Waals surface area contributed by atoms with Crippen LogP contribution in [0, 0.1) is 11.3 Å². The Labute approximate surface area is 106 Å². The van der Waals surface area contributed by atoms with Crippen molar-refractivity contribution in [3.8, 4) is 11.8 Å². The second-order valence-corrected chi connectivity index (χ2v) is 4.05. The molecule has 2 aromatic rings. The van der Waals surface area contributed by atoms with Crippen molar-refractivity contribution in [2.24, 2.45) is 5.73 Å². The molecular formula is C14H14N2O2. The lowest BCUT2D eigenvalue weighted by Gasteiger charge is -2.20.